The molecule has 1 fully saturated rings. The number of anilines is 2. The van der Waals surface area contributed by atoms with E-state index in [0.717, 1.165) is 11.2 Å². The van der Waals surface area contributed by atoms with Crippen LogP contribution in [-0.2, 0) is 0 Å². The normalized spacial score (nSPS) is 14.6. The van der Waals surface area contributed by atoms with Crippen LogP contribution >= 0.6 is 11.6 Å². The number of H-pyrrole nitrogens is 1. The van der Waals surface area contributed by atoms with E-state index in [0.29, 0.717) is 31.7 Å². The molecule has 140 valence electrons. The highest BCUT2D eigenvalue weighted by molar-refractivity contribution is 6.33. The monoisotopic (exact) mass is 386 g/mol. The van der Waals surface area contributed by atoms with Crippen LogP contribution in [0.15, 0.2) is 42.6 Å². The Morgan fingerprint density at radius 1 is 1.19 bits per heavy atom. The average Bonchev–Trinajstić information content (AvgIpc) is 3.13. The molecule has 27 heavy (non-hydrogen) atoms. The number of aryl methyl sites for hydroxylation is 1. The summed E-state index contributed by atoms with van der Waals surface area (Å²) in [4.78, 5) is 19.7. The second kappa shape index (κ2) is 7.12. The number of halogens is 2. The third-order valence-electron chi connectivity index (χ3n) is 4.90. The van der Waals surface area contributed by atoms with Crippen molar-refractivity contribution in [3.63, 3.8) is 0 Å². The topological polar surface area (TPSA) is 51.4 Å². The molecule has 2 amide bonds. The van der Waals surface area contributed by atoms with Gasteiger partial charge in [-0.05, 0) is 42.8 Å². The van der Waals surface area contributed by atoms with Crippen LogP contribution in [0.4, 0.5) is 20.6 Å². The highest BCUT2D eigenvalue weighted by atomic mass is 35.5. The van der Waals surface area contributed by atoms with Crippen LogP contribution in [0.25, 0.3) is 10.9 Å². The SMILES string of the molecule is Cc1cc(F)c(NC(=O)N2CCN(c3cccc4[nH]ccc34)CC2)c(Cl)c1. The van der Waals surface area contributed by atoms with Crippen molar-refractivity contribution in [1.29, 1.82) is 0 Å². The van der Waals surface area contributed by atoms with Gasteiger partial charge in [0, 0.05) is 49.0 Å². The van der Waals surface area contributed by atoms with Crippen LogP contribution in [0, 0.1) is 12.7 Å². The van der Waals surface area contributed by atoms with Crippen molar-refractivity contribution in [2.45, 2.75) is 6.92 Å². The number of nitrogens with one attached hydrogen (secondary N) is 2. The summed E-state index contributed by atoms with van der Waals surface area (Å²) in [5.41, 5.74) is 2.99. The molecule has 1 aliphatic heterocycles. The smallest absolute Gasteiger partial charge is 0.322 e. The summed E-state index contributed by atoms with van der Waals surface area (Å²) < 4.78 is 14.1. The fourth-order valence-corrected chi connectivity index (χ4v) is 3.81. The molecule has 3 aromatic rings. The van der Waals surface area contributed by atoms with E-state index in [9.17, 15) is 9.18 Å². The molecule has 0 spiro atoms. The Balaban J connectivity index is 1.43. The number of amides is 2. The van der Waals surface area contributed by atoms with E-state index in [-0.39, 0.29) is 16.7 Å². The van der Waals surface area contributed by atoms with Gasteiger partial charge in [-0.25, -0.2) is 9.18 Å². The minimum absolute atomic E-state index is 0.0341. The van der Waals surface area contributed by atoms with Crippen LogP contribution in [-0.4, -0.2) is 42.1 Å². The quantitative estimate of drug-likeness (QED) is 0.675. The Morgan fingerprint density at radius 2 is 1.96 bits per heavy atom. The number of carbonyl (C=O) groups excluding carboxylic acids is 1. The number of carbonyl (C=O) groups is 1. The third kappa shape index (κ3) is 3.45. The van der Waals surface area contributed by atoms with Crippen molar-refractivity contribution >= 4 is 39.9 Å². The molecule has 0 aliphatic carbocycles. The molecule has 2 N–H and O–H groups in total. The maximum atomic E-state index is 14.1. The first-order valence-electron chi connectivity index (χ1n) is 8.85. The van der Waals surface area contributed by atoms with Crippen LogP contribution in [0.5, 0.6) is 0 Å². The Kier molecular flexibility index (Phi) is 4.66. The van der Waals surface area contributed by atoms with Gasteiger partial charge in [-0.1, -0.05) is 17.7 Å². The minimum atomic E-state index is -0.522. The number of rotatable bonds is 2. The molecule has 5 nitrogen and oxygen atoms in total. The second-order valence-corrected chi connectivity index (χ2v) is 7.13. The van der Waals surface area contributed by atoms with Crippen LogP contribution in [0.2, 0.25) is 5.02 Å². The molecule has 1 aliphatic rings. The minimum Gasteiger partial charge on any atom is -0.367 e. The zero-order valence-corrected chi connectivity index (χ0v) is 15.7. The number of nitrogens with zero attached hydrogens (tertiary/aromatic N) is 2. The lowest BCUT2D eigenvalue weighted by molar-refractivity contribution is 0.208. The lowest BCUT2D eigenvalue weighted by Gasteiger charge is -2.36. The molecule has 0 bridgehead atoms. The molecule has 2 heterocycles. The third-order valence-corrected chi connectivity index (χ3v) is 5.20. The van der Waals surface area contributed by atoms with Gasteiger partial charge in [-0.2, -0.15) is 0 Å². The molecule has 0 radical (unpaired) electrons. The molecule has 7 heteroatoms. The highest BCUT2D eigenvalue weighted by Crippen LogP contribution is 2.28. The van der Waals surface area contributed by atoms with Gasteiger partial charge in [0.05, 0.1) is 10.7 Å². The van der Waals surface area contributed by atoms with E-state index in [2.05, 4.69) is 27.3 Å². The molecule has 2 aromatic carbocycles. The lowest BCUT2D eigenvalue weighted by Crippen LogP contribution is -2.50. The second-order valence-electron chi connectivity index (χ2n) is 6.72. The lowest BCUT2D eigenvalue weighted by atomic mass is 10.1. The summed E-state index contributed by atoms with van der Waals surface area (Å²) in [6, 6.07) is 10.9. The van der Waals surface area contributed by atoms with Crippen LogP contribution in [0.1, 0.15) is 5.56 Å². The van der Waals surface area contributed by atoms with E-state index in [1.807, 2.05) is 18.3 Å². The number of urea groups is 1. The molecule has 0 saturated carbocycles. The van der Waals surface area contributed by atoms with Gasteiger partial charge in [-0.15, -0.1) is 0 Å². The van der Waals surface area contributed by atoms with E-state index in [4.69, 9.17) is 11.6 Å². The van der Waals surface area contributed by atoms with Gasteiger partial charge in [0.15, 0.2) is 0 Å². The predicted octanol–water partition coefficient (Wildman–Crippen LogP) is 4.62. The van der Waals surface area contributed by atoms with Gasteiger partial charge >= 0.3 is 6.03 Å². The van der Waals surface area contributed by atoms with E-state index < -0.39 is 5.82 Å². The number of benzene rings is 2. The first kappa shape index (κ1) is 17.7. The first-order chi connectivity index (χ1) is 13.0. The molecular weight excluding hydrogens is 367 g/mol. The van der Waals surface area contributed by atoms with Crippen molar-refractivity contribution < 1.29 is 9.18 Å². The summed E-state index contributed by atoms with van der Waals surface area (Å²) in [5.74, 6) is -0.522. The van der Waals surface area contributed by atoms with Crippen LogP contribution in [0.3, 0.4) is 0 Å². The summed E-state index contributed by atoms with van der Waals surface area (Å²) >= 11 is 6.08. The summed E-state index contributed by atoms with van der Waals surface area (Å²) in [6.07, 6.45) is 1.93. The number of hydrogen-bond donors (Lipinski definition) is 2. The molecule has 4 rings (SSSR count). The van der Waals surface area contributed by atoms with Crippen molar-refractivity contribution in [2.75, 3.05) is 36.4 Å². The zero-order valence-electron chi connectivity index (χ0n) is 14.9. The number of aromatic nitrogens is 1. The van der Waals surface area contributed by atoms with Crippen molar-refractivity contribution in [3.8, 4) is 0 Å². The standard InChI is InChI=1S/C20H20ClFN4O/c1-13-11-15(21)19(16(22)12-13)24-20(27)26-9-7-25(8-10-26)18-4-2-3-17-14(18)5-6-23-17/h2-6,11-12,23H,7-10H2,1H3,(H,24,27). The summed E-state index contributed by atoms with van der Waals surface area (Å²) in [5, 5.41) is 3.99. The van der Waals surface area contributed by atoms with Crippen molar-refractivity contribution in [2.24, 2.45) is 0 Å². The van der Waals surface area contributed by atoms with Gasteiger partial charge in [0.25, 0.3) is 0 Å². The fourth-order valence-electron chi connectivity index (χ4n) is 3.50. The maximum absolute atomic E-state index is 14.1. The zero-order chi connectivity index (χ0) is 19.0. The van der Waals surface area contributed by atoms with E-state index in [1.54, 1.807) is 17.9 Å². The molecule has 1 aromatic heterocycles. The number of fused-ring (bicyclic) bond motifs is 1. The molecule has 0 unspecified atom stereocenters. The Labute approximate surface area is 161 Å². The highest BCUT2D eigenvalue weighted by Gasteiger charge is 2.23. The largest absolute Gasteiger partial charge is 0.367 e. The Hall–Kier alpha value is -2.73. The van der Waals surface area contributed by atoms with Gasteiger partial charge < -0.3 is 20.1 Å². The summed E-state index contributed by atoms with van der Waals surface area (Å²) in [7, 11) is 0. The van der Waals surface area contributed by atoms with E-state index in [1.165, 1.54) is 11.5 Å². The number of piperazine rings is 1. The average molecular weight is 387 g/mol. The molecule has 1 saturated heterocycles. The number of hydrogen-bond acceptors (Lipinski definition) is 2. The fraction of sp³-hybridized carbons (Fsp3) is 0.250. The first-order valence-corrected chi connectivity index (χ1v) is 9.23. The van der Waals surface area contributed by atoms with Gasteiger partial charge in [0.1, 0.15) is 5.82 Å². The van der Waals surface area contributed by atoms with Crippen LogP contribution < -0.4 is 10.2 Å². The molecular formula is C20H20ClFN4O. The van der Waals surface area contributed by atoms with E-state index >= 15 is 0 Å². The maximum Gasteiger partial charge on any atom is 0.322 e. The van der Waals surface area contributed by atoms with Gasteiger partial charge in [0.2, 0.25) is 0 Å². The number of aromatic amines is 1. The predicted molar refractivity (Wildman–Crippen MR) is 107 cm³/mol. The molecule has 0 atom stereocenters. The Bertz CT molecular complexity index is 972. The van der Waals surface area contributed by atoms with Crippen molar-refractivity contribution in [1.82, 2.24) is 9.88 Å². The van der Waals surface area contributed by atoms with Crippen molar-refractivity contribution in [3.05, 3.63) is 59.0 Å². The van der Waals surface area contributed by atoms with Gasteiger partial charge in [-0.3, -0.25) is 0 Å². The summed E-state index contributed by atoms with van der Waals surface area (Å²) in [6.45, 7) is 4.28. The Morgan fingerprint density at radius 3 is 2.70 bits per heavy atom.